The minimum atomic E-state index is -0.536. The number of nitro groups is 1. The molecule has 1 amide bonds. The minimum Gasteiger partial charge on any atom is -0.461 e. The maximum Gasteiger partial charge on any atom is 0.276 e. The number of carbonyl (C=O) groups is 2. The predicted molar refractivity (Wildman–Crippen MR) is 96.6 cm³/mol. The van der Waals surface area contributed by atoms with Gasteiger partial charge >= 0.3 is 0 Å². The Labute approximate surface area is 155 Å². The fourth-order valence-corrected chi connectivity index (χ4v) is 2.66. The molecule has 0 atom stereocenters. The number of benzene rings is 1. The van der Waals surface area contributed by atoms with Crippen LogP contribution in [0.3, 0.4) is 0 Å². The molecule has 138 valence electrons. The number of ether oxygens (including phenoxy) is 1. The van der Waals surface area contributed by atoms with Gasteiger partial charge in [0.25, 0.3) is 11.6 Å². The lowest BCUT2D eigenvalue weighted by Gasteiger charge is -2.23. The van der Waals surface area contributed by atoms with E-state index in [1.165, 1.54) is 18.4 Å². The molecule has 1 aliphatic carbocycles. The third-order valence-corrected chi connectivity index (χ3v) is 4.00. The van der Waals surface area contributed by atoms with Gasteiger partial charge in [0.15, 0.2) is 11.5 Å². The van der Waals surface area contributed by atoms with E-state index in [1.807, 2.05) is 6.07 Å². The summed E-state index contributed by atoms with van der Waals surface area (Å²) in [6.07, 6.45) is 6.91. The average Bonchev–Trinajstić information content (AvgIpc) is 2.68. The quantitative estimate of drug-likeness (QED) is 0.610. The molecule has 27 heavy (non-hydrogen) atoms. The Balaban J connectivity index is 1.65. The van der Waals surface area contributed by atoms with Crippen LogP contribution in [0.25, 0.3) is 0 Å². The standard InChI is InChI=1S/C19H17N3O5/c23-15-6-7-17(22(25)26)16(12-15)18-13-21(10-11-27-18)9-8-20-19(24)14-4-2-1-3-5-14/h1-7,10-11,13H,8-9,12H2,(H,20,24). The topological polar surface area (TPSA) is 102 Å². The zero-order valence-electron chi connectivity index (χ0n) is 14.3. The molecule has 8 heteroatoms. The number of ketones is 1. The van der Waals surface area contributed by atoms with E-state index in [9.17, 15) is 19.7 Å². The van der Waals surface area contributed by atoms with Gasteiger partial charge in [-0.1, -0.05) is 18.2 Å². The summed E-state index contributed by atoms with van der Waals surface area (Å²) in [7, 11) is 0. The first-order valence-corrected chi connectivity index (χ1v) is 8.27. The van der Waals surface area contributed by atoms with Crippen LogP contribution in [0.4, 0.5) is 0 Å². The van der Waals surface area contributed by atoms with E-state index in [0.717, 1.165) is 0 Å². The summed E-state index contributed by atoms with van der Waals surface area (Å²) in [6.45, 7) is 0.800. The largest absolute Gasteiger partial charge is 0.461 e. The maximum absolute atomic E-state index is 12.0. The lowest BCUT2D eigenvalue weighted by molar-refractivity contribution is -0.420. The van der Waals surface area contributed by atoms with Crippen LogP contribution in [0.15, 0.2) is 78.2 Å². The summed E-state index contributed by atoms with van der Waals surface area (Å²) in [4.78, 5) is 36.1. The van der Waals surface area contributed by atoms with E-state index in [0.29, 0.717) is 18.7 Å². The van der Waals surface area contributed by atoms with Gasteiger partial charge in [0, 0.05) is 43.5 Å². The number of amides is 1. The van der Waals surface area contributed by atoms with Gasteiger partial charge in [-0.15, -0.1) is 0 Å². The fraction of sp³-hybridized carbons (Fsp3) is 0.158. The van der Waals surface area contributed by atoms with Crippen molar-refractivity contribution in [2.45, 2.75) is 6.42 Å². The van der Waals surface area contributed by atoms with Crippen molar-refractivity contribution in [3.05, 3.63) is 93.9 Å². The highest BCUT2D eigenvalue weighted by Gasteiger charge is 2.27. The summed E-state index contributed by atoms with van der Waals surface area (Å²) in [5.74, 6) is -0.161. The van der Waals surface area contributed by atoms with E-state index < -0.39 is 4.92 Å². The third kappa shape index (κ3) is 4.49. The number of nitrogens with one attached hydrogen (secondary N) is 1. The average molecular weight is 367 g/mol. The predicted octanol–water partition coefficient (Wildman–Crippen LogP) is 2.12. The summed E-state index contributed by atoms with van der Waals surface area (Å²) in [6, 6.07) is 8.85. The van der Waals surface area contributed by atoms with Gasteiger partial charge in [-0.25, -0.2) is 0 Å². The van der Waals surface area contributed by atoms with Crippen LogP contribution in [-0.4, -0.2) is 34.6 Å². The van der Waals surface area contributed by atoms with Crippen LogP contribution in [0.2, 0.25) is 0 Å². The monoisotopic (exact) mass is 367 g/mol. The SMILES string of the molecule is O=C1C=CC([N+](=O)[O-])=C(C2=CN(CCNC(=O)c3ccccc3)C=CO2)C1. The molecule has 0 saturated carbocycles. The van der Waals surface area contributed by atoms with E-state index in [1.54, 1.807) is 41.6 Å². The van der Waals surface area contributed by atoms with Gasteiger partial charge in [-0.2, -0.15) is 0 Å². The molecule has 1 aromatic carbocycles. The van der Waals surface area contributed by atoms with Gasteiger partial charge in [-0.3, -0.25) is 19.7 Å². The number of hydrogen-bond donors (Lipinski definition) is 1. The molecule has 0 bridgehead atoms. The van der Waals surface area contributed by atoms with Crippen LogP contribution in [0, 0.1) is 10.1 Å². The van der Waals surface area contributed by atoms with Gasteiger partial charge < -0.3 is 15.0 Å². The fourth-order valence-electron chi connectivity index (χ4n) is 2.66. The highest BCUT2D eigenvalue weighted by molar-refractivity contribution is 5.94. The van der Waals surface area contributed by atoms with Crippen molar-refractivity contribution in [1.82, 2.24) is 10.2 Å². The zero-order chi connectivity index (χ0) is 19.2. The van der Waals surface area contributed by atoms with Crippen LogP contribution < -0.4 is 5.32 Å². The first-order valence-electron chi connectivity index (χ1n) is 8.27. The second-order valence-electron chi connectivity index (χ2n) is 5.85. The minimum absolute atomic E-state index is 0.0922. The Kier molecular flexibility index (Phi) is 5.46. The number of allylic oxidation sites excluding steroid dienone is 3. The van der Waals surface area contributed by atoms with Crippen molar-refractivity contribution < 1.29 is 19.2 Å². The summed E-state index contributed by atoms with van der Waals surface area (Å²) >= 11 is 0. The van der Waals surface area contributed by atoms with E-state index in [4.69, 9.17) is 4.74 Å². The van der Waals surface area contributed by atoms with Crippen molar-refractivity contribution in [3.8, 4) is 0 Å². The Bertz CT molecular complexity index is 884. The van der Waals surface area contributed by atoms with Crippen molar-refractivity contribution in [1.29, 1.82) is 0 Å². The molecule has 1 aliphatic heterocycles. The summed E-state index contributed by atoms with van der Waals surface area (Å²) < 4.78 is 5.38. The molecule has 1 N–H and O–H groups in total. The molecular weight excluding hydrogens is 350 g/mol. The molecule has 0 unspecified atom stereocenters. The molecule has 3 rings (SSSR count). The molecule has 0 spiro atoms. The van der Waals surface area contributed by atoms with Gasteiger partial charge in [0.1, 0.15) is 6.26 Å². The molecule has 0 saturated heterocycles. The highest BCUT2D eigenvalue weighted by atomic mass is 16.6. The van der Waals surface area contributed by atoms with Gasteiger partial charge in [0.2, 0.25) is 0 Å². The van der Waals surface area contributed by atoms with Crippen LogP contribution in [0.1, 0.15) is 16.8 Å². The number of nitrogens with zero attached hydrogens (tertiary/aromatic N) is 2. The number of rotatable bonds is 6. The lowest BCUT2D eigenvalue weighted by atomic mass is 9.99. The lowest BCUT2D eigenvalue weighted by Crippen LogP contribution is -2.31. The molecule has 0 fully saturated rings. The first-order chi connectivity index (χ1) is 13.0. The normalized spacial score (nSPS) is 16.1. The van der Waals surface area contributed by atoms with E-state index >= 15 is 0 Å². The Morgan fingerprint density at radius 1 is 1.26 bits per heavy atom. The zero-order valence-corrected chi connectivity index (χ0v) is 14.3. The molecule has 1 aromatic rings. The second-order valence-corrected chi connectivity index (χ2v) is 5.85. The number of hydrogen-bond acceptors (Lipinski definition) is 6. The first kappa shape index (κ1) is 18.1. The van der Waals surface area contributed by atoms with Crippen molar-refractivity contribution in [3.63, 3.8) is 0 Å². The summed E-state index contributed by atoms with van der Waals surface area (Å²) in [5.41, 5.74) is 0.642. The van der Waals surface area contributed by atoms with E-state index in [2.05, 4.69) is 5.32 Å². The second kappa shape index (κ2) is 8.13. The molecule has 8 nitrogen and oxygen atoms in total. The van der Waals surface area contributed by atoms with Crippen molar-refractivity contribution >= 4 is 11.7 Å². The highest BCUT2D eigenvalue weighted by Crippen LogP contribution is 2.27. The summed E-state index contributed by atoms with van der Waals surface area (Å²) in [5, 5.41) is 14.0. The van der Waals surface area contributed by atoms with Crippen molar-refractivity contribution in [2.75, 3.05) is 13.1 Å². The van der Waals surface area contributed by atoms with Crippen LogP contribution in [-0.2, 0) is 9.53 Å². The molecule has 0 aromatic heterocycles. The van der Waals surface area contributed by atoms with E-state index in [-0.39, 0.29) is 35.1 Å². The Morgan fingerprint density at radius 2 is 2.04 bits per heavy atom. The van der Waals surface area contributed by atoms with Crippen LogP contribution in [0.5, 0.6) is 0 Å². The maximum atomic E-state index is 12.0. The number of carbonyl (C=O) groups excluding carboxylic acids is 2. The van der Waals surface area contributed by atoms with Crippen LogP contribution >= 0.6 is 0 Å². The van der Waals surface area contributed by atoms with Crippen molar-refractivity contribution in [2.24, 2.45) is 0 Å². The molecule has 1 heterocycles. The molecule has 0 radical (unpaired) electrons. The Morgan fingerprint density at radius 3 is 2.78 bits per heavy atom. The Hall–Kier alpha value is -3.68. The molecule has 2 aliphatic rings. The van der Waals surface area contributed by atoms with Gasteiger partial charge in [-0.05, 0) is 18.2 Å². The third-order valence-electron chi connectivity index (χ3n) is 4.00. The molecular formula is C19H17N3O5. The van der Waals surface area contributed by atoms with Gasteiger partial charge in [0.05, 0.1) is 10.5 Å². The smallest absolute Gasteiger partial charge is 0.276 e.